The van der Waals surface area contributed by atoms with Crippen LogP contribution in [0.4, 0.5) is 0 Å². The Morgan fingerprint density at radius 1 is 0.640 bits per heavy atom. The minimum absolute atomic E-state index is 1.29. The van der Waals surface area contributed by atoms with Crippen LogP contribution in [0.1, 0.15) is 44.8 Å². The second-order valence-electron chi connectivity index (χ2n) is 7.52. The van der Waals surface area contributed by atoms with Crippen molar-refractivity contribution in [3.05, 3.63) is 75.4 Å². The van der Waals surface area contributed by atoms with Crippen LogP contribution in [0.3, 0.4) is 0 Å². The predicted molar refractivity (Wildman–Crippen MR) is 105 cm³/mol. The van der Waals surface area contributed by atoms with Crippen molar-refractivity contribution in [1.29, 1.82) is 0 Å². The molecule has 0 atom stereocenters. The van der Waals surface area contributed by atoms with Gasteiger partial charge in [-0.3, -0.25) is 0 Å². The molecule has 0 radical (unpaired) electrons. The molecule has 0 saturated heterocycles. The summed E-state index contributed by atoms with van der Waals surface area (Å²) in [4.78, 5) is 0. The number of aryl methyl sites for hydroxylation is 6. The molecule has 2 aromatic carbocycles. The van der Waals surface area contributed by atoms with Crippen molar-refractivity contribution in [2.24, 2.45) is 0 Å². The summed E-state index contributed by atoms with van der Waals surface area (Å²) in [5, 5.41) is 0. The Morgan fingerprint density at radius 2 is 1.08 bits per heavy atom. The lowest BCUT2D eigenvalue weighted by atomic mass is 10.0. The van der Waals surface area contributed by atoms with E-state index in [1.807, 2.05) is 0 Å². The standard InChI is InChI=1S/C23H29N2/c1-14-9-16(3)22(17(4)10-14)24-13-25(21(8)20(24)7)23-18(5)11-15(2)12-19(23)6/h9-13H,1-8H3/q+1. The first-order chi connectivity index (χ1) is 11.7. The first kappa shape index (κ1) is 17.5. The Morgan fingerprint density at radius 3 is 1.56 bits per heavy atom. The fourth-order valence-corrected chi connectivity index (χ4v) is 4.19. The second-order valence-corrected chi connectivity index (χ2v) is 7.52. The molecule has 2 nitrogen and oxygen atoms in total. The average molecular weight is 333 g/mol. The van der Waals surface area contributed by atoms with Crippen LogP contribution >= 0.6 is 0 Å². The third kappa shape index (κ3) is 2.90. The molecule has 0 fully saturated rings. The lowest BCUT2D eigenvalue weighted by Gasteiger charge is -2.09. The van der Waals surface area contributed by atoms with Crippen LogP contribution in [0, 0.1) is 55.4 Å². The minimum atomic E-state index is 1.29. The Bertz CT molecular complexity index is 850. The van der Waals surface area contributed by atoms with E-state index in [-0.39, 0.29) is 0 Å². The van der Waals surface area contributed by atoms with E-state index in [9.17, 15) is 0 Å². The zero-order chi connectivity index (χ0) is 18.5. The summed E-state index contributed by atoms with van der Waals surface area (Å²) in [5.74, 6) is 0. The maximum atomic E-state index is 2.35. The highest BCUT2D eigenvalue weighted by Gasteiger charge is 2.24. The van der Waals surface area contributed by atoms with E-state index < -0.39 is 0 Å². The highest BCUT2D eigenvalue weighted by molar-refractivity contribution is 5.50. The summed E-state index contributed by atoms with van der Waals surface area (Å²) in [6.07, 6.45) is 2.25. The van der Waals surface area contributed by atoms with Crippen LogP contribution in [0.15, 0.2) is 30.6 Å². The van der Waals surface area contributed by atoms with Gasteiger partial charge in [-0.15, -0.1) is 0 Å². The second kappa shape index (κ2) is 6.18. The number of nitrogens with zero attached hydrogens (tertiary/aromatic N) is 2. The van der Waals surface area contributed by atoms with E-state index in [2.05, 4.69) is 95.1 Å². The lowest BCUT2D eigenvalue weighted by Crippen LogP contribution is -2.33. The minimum Gasteiger partial charge on any atom is -0.199 e. The van der Waals surface area contributed by atoms with Gasteiger partial charge in [0, 0.05) is 13.8 Å². The van der Waals surface area contributed by atoms with Crippen LogP contribution in [-0.2, 0) is 0 Å². The molecular weight excluding hydrogens is 304 g/mol. The number of rotatable bonds is 2. The van der Waals surface area contributed by atoms with Gasteiger partial charge in [-0.1, -0.05) is 35.4 Å². The normalized spacial score (nSPS) is 11.2. The van der Waals surface area contributed by atoms with Gasteiger partial charge in [0.2, 0.25) is 0 Å². The first-order valence-electron chi connectivity index (χ1n) is 8.97. The zero-order valence-electron chi connectivity index (χ0n) is 16.8. The van der Waals surface area contributed by atoms with Crippen molar-refractivity contribution in [3.63, 3.8) is 0 Å². The quantitative estimate of drug-likeness (QED) is 0.568. The monoisotopic (exact) mass is 333 g/mol. The topological polar surface area (TPSA) is 8.81 Å². The molecule has 0 N–H and O–H groups in total. The van der Waals surface area contributed by atoms with Gasteiger partial charge < -0.3 is 0 Å². The molecule has 1 aromatic heterocycles. The molecule has 2 heteroatoms. The molecule has 0 bridgehead atoms. The van der Waals surface area contributed by atoms with Gasteiger partial charge in [0.15, 0.2) is 0 Å². The molecule has 0 spiro atoms. The van der Waals surface area contributed by atoms with E-state index in [0.717, 1.165) is 0 Å². The number of imidazole rings is 1. The van der Waals surface area contributed by atoms with Crippen LogP contribution in [0.2, 0.25) is 0 Å². The summed E-state index contributed by atoms with van der Waals surface area (Å²) in [7, 11) is 0. The molecule has 0 aliphatic rings. The summed E-state index contributed by atoms with van der Waals surface area (Å²) in [5.41, 5.74) is 13.1. The first-order valence-corrected chi connectivity index (χ1v) is 8.97. The molecule has 0 aliphatic heterocycles. The fraction of sp³-hybridized carbons (Fsp3) is 0.348. The molecule has 130 valence electrons. The summed E-state index contributed by atoms with van der Waals surface area (Å²) in [6, 6.07) is 9.07. The van der Waals surface area contributed by atoms with Crippen LogP contribution in [0.5, 0.6) is 0 Å². The van der Waals surface area contributed by atoms with E-state index in [0.29, 0.717) is 0 Å². The molecular formula is C23H29N2+. The fourth-order valence-electron chi connectivity index (χ4n) is 4.19. The van der Waals surface area contributed by atoms with Gasteiger partial charge in [-0.25, -0.2) is 0 Å². The van der Waals surface area contributed by atoms with E-state index in [4.69, 9.17) is 0 Å². The number of hydrogen-bond donors (Lipinski definition) is 0. The van der Waals surface area contributed by atoms with Gasteiger partial charge in [0.05, 0.1) is 0 Å². The predicted octanol–water partition coefficient (Wildman–Crippen LogP) is 5.22. The zero-order valence-corrected chi connectivity index (χ0v) is 16.8. The van der Waals surface area contributed by atoms with Crippen LogP contribution in [0.25, 0.3) is 11.4 Å². The van der Waals surface area contributed by atoms with Gasteiger partial charge in [0.1, 0.15) is 22.8 Å². The average Bonchev–Trinajstić information content (AvgIpc) is 2.74. The van der Waals surface area contributed by atoms with E-state index in [1.165, 1.54) is 56.1 Å². The van der Waals surface area contributed by atoms with Gasteiger partial charge in [-0.2, -0.15) is 9.13 Å². The highest BCUT2D eigenvalue weighted by atomic mass is 15.2. The van der Waals surface area contributed by atoms with Crippen molar-refractivity contribution < 1.29 is 4.57 Å². The molecule has 1 heterocycles. The molecule has 3 aromatic rings. The number of benzene rings is 2. The third-order valence-corrected chi connectivity index (χ3v) is 5.23. The Labute approximate surface area is 151 Å². The molecule has 25 heavy (non-hydrogen) atoms. The van der Waals surface area contributed by atoms with Crippen molar-refractivity contribution in [2.75, 3.05) is 0 Å². The van der Waals surface area contributed by atoms with Crippen molar-refractivity contribution in [2.45, 2.75) is 55.4 Å². The van der Waals surface area contributed by atoms with E-state index >= 15 is 0 Å². The van der Waals surface area contributed by atoms with E-state index in [1.54, 1.807) is 0 Å². The van der Waals surface area contributed by atoms with Crippen molar-refractivity contribution in [1.82, 2.24) is 4.57 Å². The summed E-state index contributed by atoms with van der Waals surface area (Å²) in [6.45, 7) is 17.6. The largest absolute Gasteiger partial charge is 0.254 e. The Kier molecular flexibility index (Phi) is 4.32. The van der Waals surface area contributed by atoms with Crippen molar-refractivity contribution >= 4 is 0 Å². The van der Waals surface area contributed by atoms with Gasteiger partial charge >= 0.3 is 0 Å². The van der Waals surface area contributed by atoms with Crippen molar-refractivity contribution in [3.8, 4) is 11.4 Å². The lowest BCUT2D eigenvalue weighted by molar-refractivity contribution is -0.602. The summed E-state index contributed by atoms with van der Waals surface area (Å²) < 4.78 is 4.69. The van der Waals surface area contributed by atoms with Gasteiger partial charge in [0.25, 0.3) is 6.33 Å². The van der Waals surface area contributed by atoms with Crippen LogP contribution < -0.4 is 4.57 Å². The maximum Gasteiger partial charge on any atom is 0.254 e. The van der Waals surface area contributed by atoms with Gasteiger partial charge in [-0.05, 0) is 63.8 Å². The summed E-state index contributed by atoms with van der Waals surface area (Å²) >= 11 is 0. The third-order valence-electron chi connectivity index (χ3n) is 5.23. The maximum absolute atomic E-state index is 2.35. The Balaban J connectivity index is 2.28. The highest BCUT2D eigenvalue weighted by Crippen LogP contribution is 2.24. The molecule has 0 amide bonds. The number of hydrogen-bond acceptors (Lipinski definition) is 0. The molecule has 0 saturated carbocycles. The van der Waals surface area contributed by atoms with Crippen LogP contribution in [-0.4, -0.2) is 4.57 Å². The SMILES string of the molecule is Cc1cc(C)c(-n2c[n+](-c3c(C)cc(C)cc3C)c(C)c2C)c(C)c1. The molecule has 3 rings (SSSR count). The molecule has 0 aliphatic carbocycles. The Hall–Kier alpha value is -2.35. The number of aromatic nitrogens is 2. The molecule has 0 unspecified atom stereocenters. The smallest absolute Gasteiger partial charge is 0.199 e.